The molecule has 0 saturated heterocycles. The maximum atomic E-state index is 11.8. The highest BCUT2D eigenvalue weighted by molar-refractivity contribution is 6.02. The van der Waals surface area contributed by atoms with Crippen LogP contribution in [0.25, 0.3) is 0 Å². The lowest BCUT2D eigenvalue weighted by atomic mass is 10.0. The van der Waals surface area contributed by atoms with E-state index >= 15 is 0 Å². The van der Waals surface area contributed by atoms with E-state index in [-0.39, 0.29) is 17.9 Å². The normalized spacial score (nSPS) is 19.4. The van der Waals surface area contributed by atoms with E-state index in [1.54, 1.807) is 0 Å². The van der Waals surface area contributed by atoms with Gasteiger partial charge in [-0.3, -0.25) is 4.79 Å². The lowest BCUT2D eigenvalue weighted by molar-refractivity contribution is -0.117. The Morgan fingerprint density at radius 2 is 2.35 bits per heavy atom. The van der Waals surface area contributed by atoms with Gasteiger partial charge < -0.3 is 10.6 Å². The minimum Gasteiger partial charge on any atom is -0.324 e. The third-order valence-corrected chi connectivity index (χ3v) is 2.89. The van der Waals surface area contributed by atoms with Crippen LogP contribution in [0.15, 0.2) is 18.2 Å². The van der Waals surface area contributed by atoms with Gasteiger partial charge in [-0.1, -0.05) is 17.7 Å². The van der Waals surface area contributed by atoms with E-state index in [1.165, 1.54) is 0 Å². The molecule has 4 nitrogen and oxygen atoms in total. The molecule has 1 aromatic carbocycles. The minimum atomic E-state index is -0.333. The molecule has 17 heavy (non-hydrogen) atoms. The number of aryl methyl sites for hydroxylation is 1. The molecular formula is C13H15N3O. The number of amides is 1. The van der Waals surface area contributed by atoms with Crippen molar-refractivity contribution < 1.29 is 4.79 Å². The zero-order valence-electron chi connectivity index (χ0n) is 9.95. The van der Waals surface area contributed by atoms with Crippen molar-refractivity contribution in [2.45, 2.75) is 19.9 Å². The van der Waals surface area contributed by atoms with Crippen LogP contribution >= 0.6 is 0 Å². The second-order valence-corrected chi connectivity index (χ2v) is 4.45. The first-order valence-electron chi connectivity index (χ1n) is 5.66. The van der Waals surface area contributed by atoms with Crippen molar-refractivity contribution in [1.29, 1.82) is 5.26 Å². The van der Waals surface area contributed by atoms with Gasteiger partial charge in [-0.25, -0.2) is 0 Å². The summed E-state index contributed by atoms with van der Waals surface area (Å²) >= 11 is 0. The van der Waals surface area contributed by atoms with E-state index in [0.717, 1.165) is 16.8 Å². The number of rotatable bonds is 3. The molecule has 4 heteroatoms. The van der Waals surface area contributed by atoms with Crippen molar-refractivity contribution in [2.24, 2.45) is 5.92 Å². The number of carbonyl (C=O) groups is 1. The fraction of sp³-hybridized carbons (Fsp3) is 0.385. The molecule has 2 N–H and O–H groups in total. The van der Waals surface area contributed by atoms with Crippen molar-refractivity contribution in [3.05, 3.63) is 29.3 Å². The van der Waals surface area contributed by atoms with Crippen LogP contribution in [0.5, 0.6) is 0 Å². The molecule has 2 rings (SSSR count). The molecule has 0 radical (unpaired) electrons. The Kier molecular flexibility index (Phi) is 3.12. The second-order valence-electron chi connectivity index (χ2n) is 4.45. The summed E-state index contributed by atoms with van der Waals surface area (Å²) < 4.78 is 0. The van der Waals surface area contributed by atoms with E-state index in [2.05, 4.69) is 16.7 Å². The van der Waals surface area contributed by atoms with E-state index in [9.17, 15) is 4.79 Å². The van der Waals surface area contributed by atoms with Crippen LogP contribution in [0.2, 0.25) is 0 Å². The molecular weight excluding hydrogens is 214 g/mol. The number of nitriles is 1. The van der Waals surface area contributed by atoms with Gasteiger partial charge in [0.2, 0.25) is 5.91 Å². The summed E-state index contributed by atoms with van der Waals surface area (Å²) in [5.41, 5.74) is 2.96. The zero-order chi connectivity index (χ0) is 12.4. The van der Waals surface area contributed by atoms with Crippen LogP contribution < -0.4 is 10.6 Å². The first kappa shape index (κ1) is 11.6. The van der Waals surface area contributed by atoms with Gasteiger partial charge in [0.05, 0.1) is 12.0 Å². The van der Waals surface area contributed by atoms with Crippen molar-refractivity contribution in [3.8, 4) is 6.07 Å². The maximum Gasteiger partial charge on any atom is 0.246 e. The van der Waals surface area contributed by atoms with E-state index < -0.39 is 0 Å². The molecule has 1 aromatic rings. The number of anilines is 1. The van der Waals surface area contributed by atoms with E-state index in [0.29, 0.717) is 6.54 Å². The fourth-order valence-corrected chi connectivity index (χ4v) is 1.92. The number of fused-ring (bicyclic) bond motifs is 1. The Balaban J connectivity index is 2.17. The predicted molar refractivity (Wildman–Crippen MR) is 65.3 cm³/mol. The van der Waals surface area contributed by atoms with Crippen molar-refractivity contribution >= 4 is 11.6 Å². The topological polar surface area (TPSA) is 64.9 Å². The van der Waals surface area contributed by atoms with Crippen LogP contribution in [0.1, 0.15) is 24.1 Å². The van der Waals surface area contributed by atoms with E-state index in [1.807, 2.05) is 32.0 Å². The number of hydrogen-bond acceptors (Lipinski definition) is 3. The SMILES string of the molecule is Cc1ccc2c(c1)C(NCC(C)C#N)C(=O)N2. The number of nitrogens with zero attached hydrogens (tertiary/aromatic N) is 1. The molecule has 1 aliphatic heterocycles. The lowest BCUT2D eigenvalue weighted by Gasteiger charge is -2.12. The Hall–Kier alpha value is -1.86. The molecule has 1 heterocycles. The molecule has 0 bridgehead atoms. The molecule has 0 aliphatic carbocycles. The molecule has 2 atom stereocenters. The highest BCUT2D eigenvalue weighted by atomic mass is 16.2. The molecule has 1 amide bonds. The first-order chi connectivity index (χ1) is 8.11. The second kappa shape index (κ2) is 4.56. The molecule has 1 aliphatic rings. The van der Waals surface area contributed by atoms with Crippen molar-refractivity contribution in [1.82, 2.24) is 5.32 Å². The highest BCUT2D eigenvalue weighted by Crippen LogP contribution is 2.31. The van der Waals surface area contributed by atoms with Gasteiger partial charge in [0, 0.05) is 17.8 Å². The van der Waals surface area contributed by atoms with Gasteiger partial charge in [0.25, 0.3) is 0 Å². The fourth-order valence-electron chi connectivity index (χ4n) is 1.92. The molecule has 0 fully saturated rings. The zero-order valence-corrected chi connectivity index (χ0v) is 9.95. The molecule has 0 aromatic heterocycles. The van der Waals surface area contributed by atoms with Gasteiger partial charge in [-0.15, -0.1) is 0 Å². The van der Waals surface area contributed by atoms with Crippen LogP contribution in [-0.2, 0) is 4.79 Å². The van der Waals surface area contributed by atoms with Crippen molar-refractivity contribution in [2.75, 3.05) is 11.9 Å². The van der Waals surface area contributed by atoms with E-state index in [4.69, 9.17) is 5.26 Å². The lowest BCUT2D eigenvalue weighted by Crippen LogP contribution is -2.30. The summed E-state index contributed by atoms with van der Waals surface area (Å²) in [5.74, 6) is -0.146. The van der Waals surface area contributed by atoms with Crippen LogP contribution in [0, 0.1) is 24.2 Å². The summed E-state index contributed by atoms with van der Waals surface area (Å²) in [7, 11) is 0. The highest BCUT2D eigenvalue weighted by Gasteiger charge is 2.30. The Morgan fingerprint density at radius 3 is 3.06 bits per heavy atom. The molecule has 0 saturated carbocycles. The van der Waals surface area contributed by atoms with Gasteiger partial charge in [0.1, 0.15) is 6.04 Å². The standard InChI is InChI=1S/C13H15N3O/c1-8-3-4-11-10(5-8)12(13(17)16-11)15-7-9(2)6-14/h3-5,9,12,15H,7H2,1-2H3,(H,16,17). The quantitative estimate of drug-likeness (QED) is 0.829. The average Bonchev–Trinajstić information content (AvgIpc) is 2.61. The summed E-state index contributed by atoms with van der Waals surface area (Å²) in [6.07, 6.45) is 0. The number of nitrogens with one attached hydrogen (secondary N) is 2. The van der Waals surface area contributed by atoms with Crippen LogP contribution in [0.3, 0.4) is 0 Å². The average molecular weight is 229 g/mol. The summed E-state index contributed by atoms with van der Waals surface area (Å²) in [6, 6.07) is 7.70. The summed E-state index contributed by atoms with van der Waals surface area (Å²) in [6.45, 7) is 4.34. The van der Waals surface area contributed by atoms with Crippen LogP contribution in [0.4, 0.5) is 5.69 Å². The number of carbonyl (C=O) groups excluding carboxylic acids is 1. The van der Waals surface area contributed by atoms with Crippen molar-refractivity contribution in [3.63, 3.8) is 0 Å². The minimum absolute atomic E-state index is 0.0456. The predicted octanol–water partition coefficient (Wildman–Crippen LogP) is 1.74. The first-order valence-corrected chi connectivity index (χ1v) is 5.66. The third kappa shape index (κ3) is 2.29. The molecule has 2 unspecified atom stereocenters. The Bertz CT molecular complexity index is 490. The largest absolute Gasteiger partial charge is 0.324 e. The third-order valence-electron chi connectivity index (χ3n) is 2.89. The monoisotopic (exact) mass is 229 g/mol. The Morgan fingerprint density at radius 1 is 1.59 bits per heavy atom. The van der Waals surface area contributed by atoms with Gasteiger partial charge in [-0.2, -0.15) is 5.26 Å². The number of hydrogen-bond donors (Lipinski definition) is 2. The Labute approximate surface area is 101 Å². The maximum absolute atomic E-state index is 11.8. The summed E-state index contributed by atoms with van der Waals surface area (Å²) in [4.78, 5) is 11.8. The summed E-state index contributed by atoms with van der Waals surface area (Å²) in [5, 5.41) is 14.7. The van der Waals surface area contributed by atoms with Gasteiger partial charge in [-0.05, 0) is 19.9 Å². The molecule has 88 valence electrons. The molecule has 0 spiro atoms. The van der Waals surface area contributed by atoms with Gasteiger partial charge >= 0.3 is 0 Å². The number of benzene rings is 1. The van der Waals surface area contributed by atoms with Gasteiger partial charge in [0.15, 0.2) is 0 Å². The van der Waals surface area contributed by atoms with Crippen LogP contribution in [-0.4, -0.2) is 12.5 Å². The smallest absolute Gasteiger partial charge is 0.246 e.